The van der Waals surface area contributed by atoms with Crippen molar-refractivity contribution in [3.8, 4) is 0 Å². The zero-order chi connectivity index (χ0) is 15.8. The Morgan fingerprint density at radius 2 is 1.81 bits per heavy atom. The zero-order valence-electron chi connectivity index (χ0n) is 11.3. The lowest BCUT2D eigenvalue weighted by atomic mass is 9.98. The molecule has 0 bridgehead atoms. The summed E-state index contributed by atoms with van der Waals surface area (Å²) in [6, 6.07) is 2.52. The lowest BCUT2D eigenvalue weighted by Crippen LogP contribution is -2.38. The van der Waals surface area contributed by atoms with Gasteiger partial charge in [0.1, 0.15) is 4.90 Å². The Morgan fingerprint density at radius 3 is 2.33 bits per heavy atom. The third-order valence-corrected chi connectivity index (χ3v) is 5.79. The summed E-state index contributed by atoms with van der Waals surface area (Å²) in [6.45, 7) is 3.33. The van der Waals surface area contributed by atoms with E-state index >= 15 is 0 Å². The molecule has 0 spiro atoms. The maximum absolute atomic E-state index is 12.5. The topological polar surface area (TPSA) is 54.5 Å². The molecule has 21 heavy (non-hydrogen) atoms. The van der Waals surface area contributed by atoms with E-state index < -0.39 is 9.05 Å². The smallest absolute Gasteiger partial charge is 0.262 e. The summed E-state index contributed by atoms with van der Waals surface area (Å²) < 4.78 is 22.9. The fourth-order valence-corrected chi connectivity index (χ4v) is 4.18. The van der Waals surface area contributed by atoms with Gasteiger partial charge in [-0.25, -0.2) is 8.42 Å². The largest absolute Gasteiger partial charge is 0.339 e. The van der Waals surface area contributed by atoms with Gasteiger partial charge in [0.05, 0.1) is 15.6 Å². The van der Waals surface area contributed by atoms with Crippen molar-refractivity contribution < 1.29 is 13.2 Å². The van der Waals surface area contributed by atoms with Crippen LogP contribution in [0.3, 0.4) is 0 Å². The van der Waals surface area contributed by atoms with Crippen LogP contribution in [0.15, 0.2) is 17.0 Å². The predicted octanol–water partition coefficient (Wildman–Crippen LogP) is 3.79. The van der Waals surface area contributed by atoms with Crippen molar-refractivity contribution in [2.75, 3.05) is 13.1 Å². The number of hydrogen-bond acceptors (Lipinski definition) is 3. The Hall–Kier alpha value is -0.490. The molecule has 0 atom stereocenters. The van der Waals surface area contributed by atoms with E-state index in [1.807, 2.05) is 0 Å². The fourth-order valence-electron chi connectivity index (χ4n) is 2.29. The van der Waals surface area contributed by atoms with E-state index in [-0.39, 0.29) is 26.4 Å². The molecule has 2 rings (SSSR count). The molecule has 0 aliphatic carbocycles. The highest BCUT2D eigenvalue weighted by molar-refractivity contribution is 8.13. The Kier molecular flexibility index (Phi) is 5.08. The second-order valence-electron chi connectivity index (χ2n) is 5.15. The summed E-state index contributed by atoms with van der Waals surface area (Å²) in [4.78, 5) is 13.9. The third kappa shape index (κ3) is 3.65. The molecule has 0 saturated carbocycles. The minimum atomic E-state index is -4.03. The first-order valence-corrected chi connectivity index (χ1v) is 9.50. The highest BCUT2D eigenvalue weighted by Gasteiger charge is 2.28. The molecule has 1 fully saturated rings. The Balaban J connectivity index is 2.41. The van der Waals surface area contributed by atoms with Crippen molar-refractivity contribution in [1.29, 1.82) is 0 Å². The van der Waals surface area contributed by atoms with E-state index in [9.17, 15) is 13.2 Å². The van der Waals surface area contributed by atoms with Gasteiger partial charge in [-0.2, -0.15) is 0 Å². The fraction of sp³-hybridized carbons (Fsp3) is 0.462. The number of halogens is 3. The number of rotatable bonds is 2. The molecule has 0 unspecified atom stereocenters. The molecular weight excluding hydrogens is 357 g/mol. The van der Waals surface area contributed by atoms with Crippen LogP contribution in [0, 0.1) is 5.92 Å². The van der Waals surface area contributed by atoms with Crippen LogP contribution in [-0.4, -0.2) is 32.3 Å². The molecule has 8 heteroatoms. The van der Waals surface area contributed by atoms with Crippen molar-refractivity contribution in [3.63, 3.8) is 0 Å². The van der Waals surface area contributed by atoms with E-state index in [1.165, 1.54) is 12.1 Å². The predicted molar refractivity (Wildman–Crippen MR) is 83.8 cm³/mol. The molecule has 116 valence electrons. The van der Waals surface area contributed by atoms with Gasteiger partial charge in [0.25, 0.3) is 15.0 Å². The molecule has 1 aliphatic heterocycles. The standard InChI is InChI=1S/C13H14Cl3NO3S/c1-8-4-6-17(7-5-8)13(18)11-9(14)2-3-10(12(11)15)21(16,19)20/h2-3,8H,4-7H2,1H3. The normalized spacial score (nSPS) is 17.0. The van der Waals surface area contributed by atoms with Gasteiger partial charge in [0, 0.05) is 23.8 Å². The lowest BCUT2D eigenvalue weighted by Gasteiger charge is -2.30. The molecule has 4 nitrogen and oxygen atoms in total. The lowest BCUT2D eigenvalue weighted by molar-refractivity contribution is 0.0697. The van der Waals surface area contributed by atoms with Crippen LogP contribution in [-0.2, 0) is 9.05 Å². The quantitative estimate of drug-likeness (QED) is 0.744. The number of likely N-dealkylation sites (tertiary alicyclic amines) is 1. The Labute approximate surface area is 138 Å². The van der Waals surface area contributed by atoms with E-state index in [1.54, 1.807) is 4.90 Å². The first-order valence-electron chi connectivity index (χ1n) is 6.43. The molecule has 1 saturated heterocycles. The highest BCUT2D eigenvalue weighted by Crippen LogP contribution is 2.34. The van der Waals surface area contributed by atoms with E-state index in [4.69, 9.17) is 33.9 Å². The highest BCUT2D eigenvalue weighted by atomic mass is 35.7. The SMILES string of the molecule is CC1CCN(C(=O)c2c(Cl)ccc(S(=O)(=O)Cl)c2Cl)CC1. The second-order valence-corrected chi connectivity index (χ2v) is 8.47. The number of benzene rings is 1. The number of hydrogen-bond donors (Lipinski definition) is 0. The minimum Gasteiger partial charge on any atom is -0.339 e. The van der Waals surface area contributed by atoms with Crippen molar-refractivity contribution >= 4 is 48.8 Å². The average Bonchev–Trinajstić information content (AvgIpc) is 2.37. The van der Waals surface area contributed by atoms with Crippen LogP contribution in [0.2, 0.25) is 10.0 Å². The van der Waals surface area contributed by atoms with Gasteiger partial charge in [0.2, 0.25) is 0 Å². The van der Waals surface area contributed by atoms with Gasteiger partial charge in [-0.05, 0) is 30.9 Å². The molecule has 1 aromatic rings. The maximum atomic E-state index is 12.5. The van der Waals surface area contributed by atoms with Crippen LogP contribution < -0.4 is 0 Å². The van der Waals surface area contributed by atoms with Crippen molar-refractivity contribution in [1.82, 2.24) is 4.90 Å². The molecule has 1 aliphatic rings. The minimum absolute atomic E-state index is 0.00499. The van der Waals surface area contributed by atoms with Crippen molar-refractivity contribution in [2.24, 2.45) is 5.92 Å². The number of carbonyl (C=O) groups is 1. The van der Waals surface area contributed by atoms with Gasteiger partial charge in [0.15, 0.2) is 0 Å². The summed E-state index contributed by atoms with van der Waals surface area (Å²) in [7, 11) is 1.28. The maximum Gasteiger partial charge on any atom is 0.262 e. The summed E-state index contributed by atoms with van der Waals surface area (Å²) in [5, 5.41) is -0.103. The zero-order valence-corrected chi connectivity index (χ0v) is 14.4. The number of amides is 1. The molecular formula is C13H14Cl3NO3S. The van der Waals surface area contributed by atoms with Gasteiger partial charge in [-0.15, -0.1) is 0 Å². The first kappa shape index (κ1) is 16.9. The summed E-state index contributed by atoms with van der Waals surface area (Å²) in [5.41, 5.74) is -0.00499. The van der Waals surface area contributed by atoms with Gasteiger partial charge in [-0.3, -0.25) is 4.79 Å². The average molecular weight is 371 g/mol. The van der Waals surface area contributed by atoms with Gasteiger partial charge in [-0.1, -0.05) is 30.1 Å². The van der Waals surface area contributed by atoms with Crippen LogP contribution in [0.5, 0.6) is 0 Å². The van der Waals surface area contributed by atoms with E-state index in [0.29, 0.717) is 19.0 Å². The molecule has 0 radical (unpaired) electrons. The molecule has 1 aromatic carbocycles. The molecule has 0 aromatic heterocycles. The van der Waals surface area contributed by atoms with Crippen LogP contribution in [0.25, 0.3) is 0 Å². The third-order valence-electron chi connectivity index (χ3n) is 3.60. The second kappa shape index (κ2) is 6.32. The molecule has 1 heterocycles. The van der Waals surface area contributed by atoms with Crippen LogP contribution >= 0.6 is 33.9 Å². The molecule has 1 amide bonds. The van der Waals surface area contributed by atoms with Gasteiger partial charge >= 0.3 is 0 Å². The summed E-state index contributed by atoms with van der Waals surface area (Å²) >= 11 is 12.1. The van der Waals surface area contributed by atoms with Crippen molar-refractivity contribution in [3.05, 3.63) is 27.7 Å². The van der Waals surface area contributed by atoms with Gasteiger partial charge < -0.3 is 4.90 Å². The number of piperidine rings is 1. The number of carbonyl (C=O) groups excluding carboxylic acids is 1. The summed E-state index contributed by atoms with van der Waals surface area (Å²) in [5.74, 6) is 0.202. The van der Waals surface area contributed by atoms with Crippen LogP contribution in [0.4, 0.5) is 0 Å². The van der Waals surface area contributed by atoms with Crippen LogP contribution in [0.1, 0.15) is 30.1 Å². The Morgan fingerprint density at radius 1 is 1.24 bits per heavy atom. The van der Waals surface area contributed by atoms with E-state index in [0.717, 1.165) is 12.8 Å². The summed E-state index contributed by atoms with van der Waals surface area (Å²) in [6.07, 6.45) is 1.79. The number of nitrogens with zero attached hydrogens (tertiary/aromatic N) is 1. The van der Waals surface area contributed by atoms with Crippen molar-refractivity contribution in [2.45, 2.75) is 24.7 Å². The monoisotopic (exact) mass is 369 g/mol. The van der Waals surface area contributed by atoms with E-state index in [2.05, 4.69) is 6.92 Å². The molecule has 0 N–H and O–H groups in total. The first-order chi connectivity index (χ1) is 9.71. The Bertz CT molecular complexity index is 667.